The Morgan fingerprint density at radius 3 is 2.74 bits per heavy atom. The summed E-state index contributed by atoms with van der Waals surface area (Å²) in [6, 6.07) is 9.81. The summed E-state index contributed by atoms with van der Waals surface area (Å²) < 4.78 is 4.33. The molecule has 0 bridgehead atoms. The maximum atomic E-state index is 11.6. The van der Waals surface area contributed by atoms with E-state index in [-0.39, 0.29) is 11.5 Å². The number of aromatic nitrogens is 2. The van der Waals surface area contributed by atoms with Gasteiger partial charge in [0.15, 0.2) is 0 Å². The van der Waals surface area contributed by atoms with Crippen molar-refractivity contribution in [2.24, 2.45) is 5.10 Å². The fourth-order valence-electron chi connectivity index (χ4n) is 1.48. The average Bonchev–Trinajstić information content (AvgIpc) is 2.83. The molecule has 1 aromatic heterocycles. The summed E-state index contributed by atoms with van der Waals surface area (Å²) in [7, 11) is 0. The highest BCUT2D eigenvalue weighted by Crippen LogP contribution is 2.04. The number of hydrazone groups is 1. The van der Waals surface area contributed by atoms with Gasteiger partial charge in [-0.3, -0.25) is 4.79 Å². The molecule has 19 heavy (non-hydrogen) atoms. The lowest BCUT2D eigenvalue weighted by atomic mass is 10.1. The number of nitrogens with two attached hydrogens (primary N) is 1. The molecular weight excluding hydrogens is 246 g/mol. The average molecular weight is 259 g/mol. The van der Waals surface area contributed by atoms with Crippen LogP contribution in [0.2, 0.25) is 0 Å². The molecule has 0 spiro atoms. The van der Waals surface area contributed by atoms with Gasteiger partial charge < -0.3 is 5.73 Å². The molecule has 0 aliphatic carbocycles. The van der Waals surface area contributed by atoms with E-state index >= 15 is 0 Å². The Bertz CT molecular complexity index is 591. The van der Waals surface area contributed by atoms with E-state index < -0.39 is 5.91 Å². The molecule has 3 N–H and O–H groups in total. The van der Waals surface area contributed by atoms with Crippen LogP contribution in [0.25, 0.3) is 0 Å². The first kappa shape index (κ1) is 12.7. The van der Waals surface area contributed by atoms with Crippen molar-refractivity contribution in [1.29, 1.82) is 0 Å². The van der Waals surface area contributed by atoms with Gasteiger partial charge in [0, 0.05) is 12.1 Å². The van der Waals surface area contributed by atoms with Crippen molar-refractivity contribution in [3.05, 3.63) is 41.6 Å². The quantitative estimate of drug-likeness (QED) is 0.629. The molecule has 1 aromatic carbocycles. The van der Waals surface area contributed by atoms with Gasteiger partial charge in [0.05, 0.1) is 0 Å². The normalized spacial score (nSPS) is 11.3. The third-order valence-electron chi connectivity index (χ3n) is 2.38. The summed E-state index contributed by atoms with van der Waals surface area (Å²) in [5, 5.41) is 10.7. The van der Waals surface area contributed by atoms with Gasteiger partial charge in [-0.25, -0.2) is 10.1 Å². The number of nitrogens with zero attached hydrogens (tertiary/aromatic N) is 3. The van der Waals surface area contributed by atoms with E-state index in [4.69, 9.17) is 5.73 Å². The Hall–Kier alpha value is -2.70. The smallest absolute Gasteiger partial charge is 0.297 e. The molecule has 0 atom stereocenters. The molecule has 98 valence electrons. The number of nitrogen functional groups attached to an aromatic ring is 1. The third kappa shape index (κ3) is 3.38. The van der Waals surface area contributed by atoms with Crippen molar-refractivity contribution in [2.45, 2.75) is 13.3 Å². The van der Waals surface area contributed by atoms with Crippen molar-refractivity contribution in [3.8, 4) is 0 Å². The molecule has 1 heterocycles. The van der Waals surface area contributed by atoms with Gasteiger partial charge in [0.2, 0.25) is 11.5 Å². The number of amides is 1. The second-order valence-corrected chi connectivity index (χ2v) is 3.95. The second kappa shape index (κ2) is 5.76. The van der Waals surface area contributed by atoms with E-state index in [9.17, 15) is 4.79 Å². The Kier molecular flexibility index (Phi) is 3.87. The number of hydrogen-bond acceptors (Lipinski definition) is 6. The lowest BCUT2D eigenvalue weighted by molar-refractivity contribution is 0.0945. The van der Waals surface area contributed by atoms with Crippen molar-refractivity contribution in [2.75, 3.05) is 5.73 Å². The number of nitrogens with one attached hydrogen (secondary N) is 1. The molecule has 0 unspecified atom stereocenters. The van der Waals surface area contributed by atoms with Crippen molar-refractivity contribution >= 4 is 17.4 Å². The first-order valence-corrected chi connectivity index (χ1v) is 5.62. The van der Waals surface area contributed by atoms with Crippen molar-refractivity contribution < 1.29 is 9.42 Å². The Morgan fingerprint density at radius 2 is 2.11 bits per heavy atom. The Labute approximate surface area is 109 Å². The minimum Gasteiger partial charge on any atom is -0.379 e. The minimum absolute atomic E-state index is 0.0617. The van der Waals surface area contributed by atoms with Crippen molar-refractivity contribution in [3.63, 3.8) is 0 Å². The lowest BCUT2D eigenvalue weighted by Crippen LogP contribution is -2.21. The van der Waals surface area contributed by atoms with Crippen LogP contribution in [0.15, 0.2) is 40.1 Å². The highest BCUT2D eigenvalue weighted by Gasteiger charge is 2.15. The van der Waals surface area contributed by atoms with Crippen LogP contribution in [0.1, 0.15) is 23.0 Å². The molecule has 7 nitrogen and oxygen atoms in total. The largest absolute Gasteiger partial charge is 0.379 e. The van der Waals surface area contributed by atoms with Crippen LogP contribution >= 0.6 is 0 Å². The second-order valence-electron chi connectivity index (χ2n) is 3.95. The molecule has 0 aliphatic rings. The molecule has 2 rings (SSSR count). The van der Waals surface area contributed by atoms with Crippen LogP contribution in [0, 0.1) is 0 Å². The predicted octanol–water partition coefficient (Wildman–Crippen LogP) is 1.00. The van der Waals surface area contributed by atoms with Crippen LogP contribution in [-0.2, 0) is 6.42 Å². The van der Waals surface area contributed by atoms with E-state index in [2.05, 4.69) is 25.5 Å². The summed E-state index contributed by atoms with van der Waals surface area (Å²) in [5.74, 6) is -0.612. The maximum absolute atomic E-state index is 11.6. The highest BCUT2D eigenvalue weighted by atomic mass is 16.6. The molecule has 2 aromatic rings. The van der Waals surface area contributed by atoms with E-state index in [1.54, 1.807) is 0 Å². The molecular formula is C12H13N5O2. The number of anilines is 1. The van der Waals surface area contributed by atoms with E-state index in [1.807, 2.05) is 37.3 Å². The van der Waals surface area contributed by atoms with Gasteiger partial charge in [-0.15, -0.1) is 0 Å². The molecule has 0 radical (unpaired) electrons. The molecule has 7 heteroatoms. The SMILES string of the molecule is C/C(Cc1ccccc1)=N/NC(=O)c1nonc1N. The lowest BCUT2D eigenvalue weighted by Gasteiger charge is -2.01. The Morgan fingerprint density at radius 1 is 1.37 bits per heavy atom. The van der Waals surface area contributed by atoms with Crippen molar-refractivity contribution in [1.82, 2.24) is 15.7 Å². The summed E-state index contributed by atoms with van der Waals surface area (Å²) in [5.41, 5.74) is 9.54. The number of rotatable bonds is 4. The van der Waals surface area contributed by atoms with Crippen LogP contribution in [-0.4, -0.2) is 21.9 Å². The first-order valence-electron chi connectivity index (χ1n) is 5.62. The molecule has 0 aliphatic heterocycles. The topological polar surface area (TPSA) is 106 Å². The molecule has 1 amide bonds. The molecule has 0 saturated carbocycles. The van der Waals surface area contributed by atoms with Crippen LogP contribution in [0.5, 0.6) is 0 Å². The van der Waals surface area contributed by atoms with Gasteiger partial charge in [-0.1, -0.05) is 30.3 Å². The van der Waals surface area contributed by atoms with Crippen LogP contribution in [0.4, 0.5) is 5.82 Å². The highest BCUT2D eigenvalue weighted by molar-refractivity contribution is 5.96. The zero-order valence-corrected chi connectivity index (χ0v) is 10.3. The van der Waals surface area contributed by atoms with Gasteiger partial charge in [0.1, 0.15) is 0 Å². The Balaban J connectivity index is 1.95. The van der Waals surface area contributed by atoms with Gasteiger partial charge in [-0.2, -0.15) is 5.10 Å². The summed E-state index contributed by atoms with van der Waals surface area (Å²) in [4.78, 5) is 11.6. The minimum atomic E-state index is -0.550. The monoisotopic (exact) mass is 259 g/mol. The zero-order chi connectivity index (χ0) is 13.7. The number of carbonyl (C=O) groups excluding carboxylic acids is 1. The first-order chi connectivity index (χ1) is 9.16. The fraction of sp³-hybridized carbons (Fsp3) is 0.167. The molecule has 0 fully saturated rings. The van der Waals surface area contributed by atoms with E-state index in [0.29, 0.717) is 6.42 Å². The number of benzene rings is 1. The summed E-state index contributed by atoms with van der Waals surface area (Å²) >= 11 is 0. The standard InChI is InChI=1S/C12H13N5O2/c1-8(7-9-5-3-2-4-6-9)14-15-12(18)10-11(13)17-19-16-10/h2-6H,7H2,1H3,(H2,13,17)(H,15,18)/b14-8-. The van der Waals surface area contributed by atoms with Gasteiger partial charge >= 0.3 is 0 Å². The number of hydrogen-bond donors (Lipinski definition) is 2. The predicted molar refractivity (Wildman–Crippen MR) is 69.4 cm³/mol. The fourth-order valence-corrected chi connectivity index (χ4v) is 1.48. The summed E-state index contributed by atoms with van der Waals surface area (Å²) in [6.45, 7) is 1.82. The zero-order valence-electron chi connectivity index (χ0n) is 10.3. The third-order valence-corrected chi connectivity index (χ3v) is 2.38. The number of carbonyl (C=O) groups is 1. The summed E-state index contributed by atoms with van der Waals surface area (Å²) in [6.07, 6.45) is 0.646. The van der Waals surface area contributed by atoms with Crippen LogP contribution in [0.3, 0.4) is 0 Å². The maximum Gasteiger partial charge on any atom is 0.297 e. The van der Waals surface area contributed by atoms with E-state index in [0.717, 1.165) is 11.3 Å². The van der Waals surface area contributed by atoms with E-state index in [1.165, 1.54) is 0 Å². The van der Waals surface area contributed by atoms with Gasteiger partial charge in [-0.05, 0) is 22.8 Å². The van der Waals surface area contributed by atoms with Crippen LogP contribution < -0.4 is 11.2 Å². The van der Waals surface area contributed by atoms with Gasteiger partial charge in [0.25, 0.3) is 5.91 Å². The molecule has 0 saturated heterocycles.